The van der Waals surface area contributed by atoms with Crippen molar-refractivity contribution < 1.29 is 23.9 Å². The maximum Gasteiger partial charge on any atom is 0.339 e. The Morgan fingerprint density at radius 3 is 2.12 bits per heavy atom. The molecule has 7 nitrogen and oxygen atoms in total. The second kappa shape index (κ2) is 7.86. The number of esters is 2. The Morgan fingerprint density at radius 2 is 1.58 bits per heavy atom. The number of anilines is 1. The average Bonchev–Trinajstić information content (AvgIpc) is 2.94. The standard InChI is InChI=1S/C19H22N2O5/c1-10-15(19(24)26-5)11(2)21-16(10)17(22)12(3)20-14-8-6-13(7-9-14)18(23)25-4/h6-9,12,20-21H,1-5H3/t12-/m1/s1. The third kappa shape index (κ3) is 3.77. The van der Waals surface area contributed by atoms with Gasteiger partial charge in [0.2, 0.25) is 5.78 Å². The number of aromatic amines is 1. The minimum Gasteiger partial charge on any atom is -0.465 e. The maximum atomic E-state index is 12.7. The normalized spacial score (nSPS) is 11.6. The fraction of sp³-hybridized carbons (Fsp3) is 0.316. The van der Waals surface area contributed by atoms with Crippen LogP contribution in [0, 0.1) is 13.8 Å². The summed E-state index contributed by atoms with van der Waals surface area (Å²) in [5.41, 5.74) is 3.02. The lowest BCUT2D eigenvalue weighted by molar-refractivity contribution is 0.0591. The Kier molecular flexibility index (Phi) is 5.82. The third-order valence-electron chi connectivity index (χ3n) is 4.16. The minimum atomic E-state index is -0.541. The molecule has 1 heterocycles. The molecule has 0 aliphatic rings. The summed E-state index contributed by atoms with van der Waals surface area (Å²) in [6, 6.07) is 6.09. The van der Waals surface area contributed by atoms with Gasteiger partial charge in [-0.1, -0.05) is 0 Å². The number of hydrogen-bond donors (Lipinski definition) is 2. The number of ether oxygens (including phenoxy) is 2. The number of aromatic nitrogens is 1. The molecule has 26 heavy (non-hydrogen) atoms. The van der Waals surface area contributed by atoms with E-state index in [0.717, 1.165) is 0 Å². The van der Waals surface area contributed by atoms with E-state index in [0.29, 0.717) is 33.8 Å². The summed E-state index contributed by atoms with van der Waals surface area (Å²) >= 11 is 0. The first kappa shape index (κ1) is 19.2. The van der Waals surface area contributed by atoms with Crippen LogP contribution in [0.15, 0.2) is 24.3 Å². The molecule has 2 rings (SSSR count). The highest BCUT2D eigenvalue weighted by Crippen LogP contribution is 2.21. The number of hydrogen-bond acceptors (Lipinski definition) is 6. The van der Waals surface area contributed by atoms with Crippen LogP contribution in [0.5, 0.6) is 0 Å². The first-order chi connectivity index (χ1) is 12.3. The molecule has 0 aliphatic heterocycles. The first-order valence-electron chi connectivity index (χ1n) is 8.06. The molecule has 1 aromatic heterocycles. The smallest absolute Gasteiger partial charge is 0.339 e. The molecule has 7 heteroatoms. The van der Waals surface area contributed by atoms with Gasteiger partial charge in [0.1, 0.15) is 0 Å². The van der Waals surface area contributed by atoms with Gasteiger partial charge in [0.05, 0.1) is 37.1 Å². The van der Waals surface area contributed by atoms with Crippen molar-refractivity contribution in [2.75, 3.05) is 19.5 Å². The number of Topliss-reactive ketones (excluding diaryl/α,β-unsaturated/α-hetero) is 1. The number of ketones is 1. The minimum absolute atomic E-state index is 0.183. The first-order valence-corrected chi connectivity index (χ1v) is 8.06. The van der Waals surface area contributed by atoms with Gasteiger partial charge >= 0.3 is 11.9 Å². The highest BCUT2D eigenvalue weighted by atomic mass is 16.5. The zero-order valence-electron chi connectivity index (χ0n) is 15.4. The molecular weight excluding hydrogens is 336 g/mol. The summed E-state index contributed by atoms with van der Waals surface area (Å²) < 4.78 is 9.42. The van der Waals surface area contributed by atoms with Gasteiger partial charge in [0, 0.05) is 11.4 Å². The SMILES string of the molecule is COC(=O)c1ccc(N[C@H](C)C(=O)c2[nH]c(C)c(C(=O)OC)c2C)cc1. The molecule has 0 unspecified atom stereocenters. The van der Waals surface area contributed by atoms with E-state index in [9.17, 15) is 14.4 Å². The largest absolute Gasteiger partial charge is 0.465 e. The van der Waals surface area contributed by atoms with Crippen LogP contribution in [0.2, 0.25) is 0 Å². The number of carbonyl (C=O) groups is 3. The Bertz CT molecular complexity index is 836. The molecule has 2 N–H and O–H groups in total. The van der Waals surface area contributed by atoms with Crippen molar-refractivity contribution in [1.29, 1.82) is 0 Å². The van der Waals surface area contributed by atoms with E-state index in [1.54, 1.807) is 45.0 Å². The van der Waals surface area contributed by atoms with Gasteiger partial charge in [-0.2, -0.15) is 0 Å². The summed E-state index contributed by atoms with van der Waals surface area (Å²) in [5, 5.41) is 3.09. The van der Waals surface area contributed by atoms with Gasteiger partial charge < -0.3 is 19.8 Å². The van der Waals surface area contributed by atoms with Crippen molar-refractivity contribution in [1.82, 2.24) is 4.98 Å². The van der Waals surface area contributed by atoms with Gasteiger partial charge in [-0.05, 0) is 50.6 Å². The Hall–Kier alpha value is -3.09. The van der Waals surface area contributed by atoms with Gasteiger partial charge in [-0.3, -0.25) is 4.79 Å². The Labute approximate surface area is 151 Å². The van der Waals surface area contributed by atoms with Crippen LogP contribution in [-0.4, -0.2) is 43.0 Å². The van der Waals surface area contributed by atoms with Crippen LogP contribution >= 0.6 is 0 Å². The highest BCUT2D eigenvalue weighted by Gasteiger charge is 2.25. The fourth-order valence-electron chi connectivity index (χ4n) is 2.76. The number of benzene rings is 1. The molecule has 0 amide bonds. The second-order valence-corrected chi connectivity index (χ2v) is 5.92. The molecule has 1 aromatic carbocycles. The van der Waals surface area contributed by atoms with E-state index in [-0.39, 0.29) is 5.78 Å². The van der Waals surface area contributed by atoms with E-state index < -0.39 is 18.0 Å². The van der Waals surface area contributed by atoms with Crippen molar-refractivity contribution >= 4 is 23.4 Å². The number of H-pyrrole nitrogens is 1. The summed E-state index contributed by atoms with van der Waals surface area (Å²) in [5.74, 6) is -1.08. The molecule has 0 saturated carbocycles. The summed E-state index contributed by atoms with van der Waals surface area (Å²) in [4.78, 5) is 39.0. The Morgan fingerprint density at radius 1 is 1.00 bits per heavy atom. The van der Waals surface area contributed by atoms with E-state index in [4.69, 9.17) is 4.74 Å². The Balaban J connectivity index is 2.18. The van der Waals surface area contributed by atoms with Crippen LogP contribution in [0.3, 0.4) is 0 Å². The summed E-state index contributed by atoms with van der Waals surface area (Å²) in [6.45, 7) is 5.16. The van der Waals surface area contributed by atoms with E-state index in [2.05, 4.69) is 15.0 Å². The van der Waals surface area contributed by atoms with E-state index in [1.165, 1.54) is 14.2 Å². The topological polar surface area (TPSA) is 97.5 Å². The van der Waals surface area contributed by atoms with Gasteiger partial charge in [-0.25, -0.2) is 9.59 Å². The van der Waals surface area contributed by atoms with Crippen molar-refractivity contribution in [3.05, 3.63) is 52.3 Å². The van der Waals surface area contributed by atoms with Crippen LogP contribution in [0.4, 0.5) is 5.69 Å². The predicted molar refractivity (Wildman–Crippen MR) is 96.8 cm³/mol. The molecule has 1 atom stereocenters. The molecule has 2 aromatic rings. The lowest BCUT2D eigenvalue weighted by atomic mass is 10.0. The molecule has 0 spiro atoms. The van der Waals surface area contributed by atoms with Crippen LogP contribution in [0.25, 0.3) is 0 Å². The monoisotopic (exact) mass is 358 g/mol. The van der Waals surface area contributed by atoms with Crippen molar-refractivity contribution in [2.45, 2.75) is 26.8 Å². The quantitative estimate of drug-likeness (QED) is 0.609. The number of rotatable bonds is 6. The molecule has 0 bridgehead atoms. The fourth-order valence-corrected chi connectivity index (χ4v) is 2.76. The zero-order chi connectivity index (χ0) is 19.4. The van der Waals surface area contributed by atoms with E-state index >= 15 is 0 Å². The van der Waals surface area contributed by atoms with Gasteiger partial charge in [0.15, 0.2) is 0 Å². The highest BCUT2D eigenvalue weighted by molar-refractivity contribution is 6.04. The molecular formula is C19H22N2O5. The lowest BCUT2D eigenvalue weighted by Gasteiger charge is -2.14. The maximum absolute atomic E-state index is 12.7. The van der Waals surface area contributed by atoms with Crippen molar-refractivity contribution in [2.24, 2.45) is 0 Å². The third-order valence-corrected chi connectivity index (χ3v) is 4.16. The van der Waals surface area contributed by atoms with Crippen LogP contribution in [-0.2, 0) is 9.47 Å². The predicted octanol–water partition coefficient (Wildman–Crippen LogP) is 2.89. The van der Waals surface area contributed by atoms with Gasteiger partial charge in [-0.15, -0.1) is 0 Å². The van der Waals surface area contributed by atoms with Gasteiger partial charge in [0.25, 0.3) is 0 Å². The number of aryl methyl sites for hydroxylation is 1. The lowest BCUT2D eigenvalue weighted by Crippen LogP contribution is -2.27. The molecule has 138 valence electrons. The second-order valence-electron chi connectivity index (χ2n) is 5.92. The van der Waals surface area contributed by atoms with Crippen molar-refractivity contribution in [3.63, 3.8) is 0 Å². The molecule has 0 saturated heterocycles. The molecule has 0 aliphatic carbocycles. The summed E-state index contributed by atoms with van der Waals surface area (Å²) in [7, 11) is 2.62. The zero-order valence-corrected chi connectivity index (χ0v) is 15.4. The van der Waals surface area contributed by atoms with Crippen LogP contribution in [0.1, 0.15) is 49.4 Å². The number of methoxy groups -OCH3 is 2. The number of nitrogens with one attached hydrogen (secondary N) is 2. The van der Waals surface area contributed by atoms with Crippen molar-refractivity contribution in [3.8, 4) is 0 Å². The molecule has 0 radical (unpaired) electrons. The summed E-state index contributed by atoms with van der Waals surface area (Å²) in [6.07, 6.45) is 0. The molecule has 0 fully saturated rings. The number of carbonyl (C=O) groups excluding carboxylic acids is 3. The average molecular weight is 358 g/mol. The van der Waals surface area contributed by atoms with Crippen LogP contribution < -0.4 is 5.32 Å². The van der Waals surface area contributed by atoms with E-state index in [1.807, 2.05) is 0 Å².